The lowest BCUT2D eigenvalue weighted by Gasteiger charge is -2.45. The molecule has 1 saturated carbocycles. The van der Waals surface area contributed by atoms with E-state index in [1.165, 1.54) is 32.1 Å². The standard InChI is InChI=1S/C9H14N2/c10-6-8-11-7-2-5-9(11)3-1-4-9/h1-5,7-8H2. The highest BCUT2D eigenvalue weighted by Gasteiger charge is 2.44. The van der Waals surface area contributed by atoms with E-state index in [0.29, 0.717) is 12.1 Å². The van der Waals surface area contributed by atoms with Crippen LogP contribution in [0.15, 0.2) is 0 Å². The molecular formula is C9H14N2. The highest BCUT2D eigenvalue weighted by atomic mass is 15.2. The summed E-state index contributed by atoms with van der Waals surface area (Å²) in [6.45, 7) is 1.81. The van der Waals surface area contributed by atoms with Crippen LogP contribution in [0.25, 0.3) is 0 Å². The molecule has 0 bridgehead atoms. The molecule has 1 spiro atoms. The Kier molecular flexibility index (Phi) is 1.61. The molecule has 0 aromatic rings. The molecule has 1 aliphatic carbocycles. The lowest BCUT2D eigenvalue weighted by Crippen LogP contribution is -2.49. The average Bonchev–Trinajstić information content (AvgIpc) is 2.31. The summed E-state index contributed by atoms with van der Waals surface area (Å²) in [5.41, 5.74) is 0.496. The van der Waals surface area contributed by atoms with Crippen LogP contribution < -0.4 is 0 Å². The van der Waals surface area contributed by atoms with E-state index >= 15 is 0 Å². The lowest BCUT2D eigenvalue weighted by atomic mass is 9.75. The lowest BCUT2D eigenvalue weighted by molar-refractivity contribution is 0.0681. The topological polar surface area (TPSA) is 27.0 Å². The van der Waals surface area contributed by atoms with Crippen molar-refractivity contribution >= 4 is 0 Å². The zero-order chi connectivity index (χ0) is 7.73. The van der Waals surface area contributed by atoms with E-state index in [9.17, 15) is 0 Å². The van der Waals surface area contributed by atoms with Gasteiger partial charge in [-0.05, 0) is 38.6 Å². The van der Waals surface area contributed by atoms with Crippen molar-refractivity contribution in [1.82, 2.24) is 4.90 Å². The summed E-state index contributed by atoms with van der Waals surface area (Å²) < 4.78 is 0. The molecule has 2 heteroatoms. The van der Waals surface area contributed by atoms with Crippen LogP contribution in [0.1, 0.15) is 32.1 Å². The Labute approximate surface area is 67.8 Å². The van der Waals surface area contributed by atoms with Crippen molar-refractivity contribution in [3.05, 3.63) is 0 Å². The average molecular weight is 150 g/mol. The van der Waals surface area contributed by atoms with E-state index in [-0.39, 0.29) is 0 Å². The Morgan fingerprint density at radius 3 is 2.55 bits per heavy atom. The number of likely N-dealkylation sites (tertiary alicyclic amines) is 1. The third-order valence-electron chi connectivity index (χ3n) is 3.29. The molecule has 1 saturated heterocycles. The van der Waals surface area contributed by atoms with Crippen LogP contribution in [0, 0.1) is 11.3 Å². The number of nitrogens with zero attached hydrogens (tertiary/aromatic N) is 2. The summed E-state index contributed by atoms with van der Waals surface area (Å²) in [6.07, 6.45) is 6.71. The van der Waals surface area contributed by atoms with Gasteiger partial charge in [-0.25, -0.2) is 0 Å². The summed E-state index contributed by atoms with van der Waals surface area (Å²) in [7, 11) is 0. The van der Waals surface area contributed by atoms with Gasteiger partial charge in [0, 0.05) is 5.54 Å². The molecular weight excluding hydrogens is 136 g/mol. The Morgan fingerprint density at radius 1 is 1.27 bits per heavy atom. The second-order valence-corrected chi connectivity index (χ2v) is 3.76. The molecule has 2 fully saturated rings. The number of nitriles is 1. The molecule has 11 heavy (non-hydrogen) atoms. The van der Waals surface area contributed by atoms with Crippen LogP contribution in [-0.2, 0) is 0 Å². The highest BCUT2D eigenvalue weighted by Crippen LogP contribution is 2.44. The fourth-order valence-corrected chi connectivity index (χ4v) is 2.48. The number of hydrogen-bond acceptors (Lipinski definition) is 2. The van der Waals surface area contributed by atoms with Gasteiger partial charge in [0.05, 0.1) is 12.6 Å². The van der Waals surface area contributed by atoms with Gasteiger partial charge in [-0.2, -0.15) is 5.26 Å². The third kappa shape index (κ3) is 0.954. The second-order valence-electron chi connectivity index (χ2n) is 3.76. The largest absolute Gasteiger partial charge is 0.285 e. The van der Waals surface area contributed by atoms with Gasteiger partial charge < -0.3 is 0 Å². The summed E-state index contributed by atoms with van der Waals surface area (Å²) in [5.74, 6) is 0. The van der Waals surface area contributed by atoms with Crippen molar-refractivity contribution in [1.29, 1.82) is 5.26 Å². The summed E-state index contributed by atoms with van der Waals surface area (Å²) in [6, 6.07) is 2.26. The Morgan fingerprint density at radius 2 is 2.00 bits per heavy atom. The molecule has 0 amide bonds. The van der Waals surface area contributed by atoms with Gasteiger partial charge in [0.25, 0.3) is 0 Å². The zero-order valence-electron chi connectivity index (χ0n) is 6.84. The van der Waals surface area contributed by atoms with Crippen LogP contribution in [0.5, 0.6) is 0 Å². The quantitative estimate of drug-likeness (QED) is 0.530. The van der Waals surface area contributed by atoms with E-state index in [1.54, 1.807) is 0 Å². The first-order chi connectivity index (χ1) is 5.37. The molecule has 2 aliphatic rings. The van der Waals surface area contributed by atoms with Crippen molar-refractivity contribution < 1.29 is 0 Å². The van der Waals surface area contributed by atoms with Gasteiger partial charge in [0.1, 0.15) is 0 Å². The van der Waals surface area contributed by atoms with Gasteiger partial charge in [-0.3, -0.25) is 4.90 Å². The van der Waals surface area contributed by atoms with Crippen LogP contribution in [-0.4, -0.2) is 23.5 Å². The molecule has 0 atom stereocenters. The normalized spacial score (nSPS) is 28.3. The van der Waals surface area contributed by atoms with Crippen LogP contribution >= 0.6 is 0 Å². The van der Waals surface area contributed by atoms with E-state index in [0.717, 1.165) is 6.54 Å². The zero-order valence-corrected chi connectivity index (χ0v) is 6.84. The van der Waals surface area contributed by atoms with Gasteiger partial charge >= 0.3 is 0 Å². The number of rotatable bonds is 1. The van der Waals surface area contributed by atoms with Crippen molar-refractivity contribution in [2.45, 2.75) is 37.6 Å². The van der Waals surface area contributed by atoms with Crippen LogP contribution in [0.3, 0.4) is 0 Å². The predicted molar refractivity (Wildman–Crippen MR) is 43.0 cm³/mol. The Hall–Kier alpha value is -0.550. The first-order valence-electron chi connectivity index (χ1n) is 4.49. The van der Waals surface area contributed by atoms with Gasteiger partial charge in [-0.15, -0.1) is 0 Å². The Balaban J connectivity index is 2.03. The summed E-state index contributed by atoms with van der Waals surface area (Å²) >= 11 is 0. The highest BCUT2D eigenvalue weighted by molar-refractivity contribution is 5.03. The molecule has 0 N–H and O–H groups in total. The first-order valence-corrected chi connectivity index (χ1v) is 4.49. The fraction of sp³-hybridized carbons (Fsp3) is 0.889. The minimum absolute atomic E-state index is 0.496. The van der Waals surface area contributed by atoms with Crippen molar-refractivity contribution in [3.63, 3.8) is 0 Å². The molecule has 2 rings (SSSR count). The fourth-order valence-electron chi connectivity index (χ4n) is 2.48. The third-order valence-corrected chi connectivity index (χ3v) is 3.29. The minimum Gasteiger partial charge on any atom is -0.285 e. The molecule has 60 valence electrons. The van der Waals surface area contributed by atoms with Crippen LogP contribution in [0.2, 0.25) is 0 Å². The van der Waals surface area contributed by atoms with E-state index in [4.69, 9.17) is 5.26 Å². The van der Waals surface area contributed by atoms with Gasteiger partial charge in [0.2, 0.25) is 0 Å². The molecule has 0 aromatic heterocycles. The summed E-state index contributed by atoms with van der Waals surface area (Å²) in [5, 5.41) is 8.59. The SMILES string of the molecule is N#CCN1CCCC12CCC2. The predicted octanol–water partition coefficient (Wildman–Crippen LogP) is 1.53. The molecule has 0 aromatic carbocycles. The smallest absolute Gasteiger partial charge is 0.0870 e. The second kappa shape index (κ2) is 2.49. The molecule has 1 aliphatic heterocycles. The molecule has 0 unspecified atom stereocenters. The Bertz CT molecular complexity index is 188. The summed E-state index contributed by atoms with van der Waals surface area (Å²) in [4.78, 5) is 2.39. The molecule has 0 radical (unpaired) electrons. The monoisotopic (exact) mass is 150 g/mol. The first kappa shape index (κ1) is 7.12. The van der Waals surface area contributed by atoms with E-state index < -0.39 is 0 Å². The van der Waals surface area contributed by atoms with Crippen molar-refractivity contribution in [3.8, 4) is 6.07 Å². The maximum absolute atomic E-state index is 8.59. The molecule has 2 nitrogen and oxygen atoms in total. The van der Waals surface area contributed by atoms with Crippen molar-refractivity contribution in [2.75, 3.05) is 13.1 Å². The maximum Gasteiger partial charge on any atom is 0.0870 e. The minimum atomic E-state index is 0.496. The van der Waals surface area contributed by atoms with E-state index in [2.05, 4.69) is 11.0 Å². The molecule has 1 heterocycles. The van der Waals surface area contributed by atoms with Gasteiger partial charge in [0.15, 0.2) is 0 Å². The number of hydrogen-bond donors (Lipinski definition) is 0. The van der Waals surface area contributed by atoms with Gasteiger partial charge in [-0.1, -0.05) is 0 Å². The van der Waals surface area contributed by atoms with Crippen LogP contribution in [0.4, 0.5) is 0 Å². The maximum atomic E-state index is 8.59. The van der Waals surface area contributed by atoms with E-state index in [1.807, 2.05) is 0 Å². The van der Waals surface area contributed by atoms with Crippen molar-refractivity contribution in [2.24, 2.45) is 0 Å².